The van der Waals surface area contributed by atoms with Gasteiger partial charge >= 0.3 is 5.97 Å². The fourth-order valence-electron chi connectivity index (χ4n) is 7.59. The second-order valence-corrected chi connectivity index (χ2v) is 10.6. The number of hydrogen-bond donors (Lipinski definition) is 2. The Bertz CT molecular complexity index is 875. The molecule has 4 aliphatic carbocycles. The molecule has 7 atom stereocenters. The van der Waals surface area contributed by atoms with E-state index in [0.29, 0.717) is 6.42 Å². The molecule has 0 radical (unpaired) electrons. The summed E-state index contributed by atoms with van der Waals surface area (Å²) in [7, 11) is 0. The van der Waals surface area contributed by atoms with Crippen LogP contribution in [0.1, 0.15) is 66.2 Å². The summed E-state index contributed by atoms with van der Waals surface area (Å²) >= 11 is 4.24. The van der Waals surface area contributed by atoms with Crippen molar-refractivity contribution in [3.05, 3.63) is 23.5 Å². The number of carbonyl (C=O) groups excluding carboxylic acids is 3. The van der Waals surface area contributed by atoms with Crippen LogP contribution in [-0.2, 0) is 19.1 Å². The van der Waals surface area contributed by atoms with E-state index in [4.69, 9.17) is 4.74 Å². The molecule has 5 nitrogen and oxygen atoms in total. The second-order valence-electron chi connectivity index (χ2n) is 10.2. The second kappa shape index (κ2) is 6.98. The minimum absolute atomic E-state index is 0.0178. The minimum Gasteiger partial charge on any atom is -0.508 e. The Morgan fingerprint density at radius 2 is 1.93 bits per heavy atom. The summed E-state index contributed by atoms with van der Waals surface area (Å²) in [5.41, 5.74) is -1.29. The minimum atomic E-state index is -1.22. The maximum Gasteiger partial charge on any atom is 0.306 e. The average molecular weight is 433 g/mol. The van der Waals surface area contributed by atoms with Crippen LogP contribution in [-0.4, -0.2) is 27.6 Å². The molecule has 0 heterocycles. The maximum atomic E-state index is 13.1. The summed E-state index contributed by atoms with van der Waals surface area (Å²) in [5.74, 6) is 0.147. The molecular weight excluding hydrogens is 400 g/mol. The summed E-state index contributed by atoms with van der Waals surface area (Å²) in [6, 6.07) is 0. The lowest BCUT2D eigenvalue weighted by Crippen LogP contribution is -2.60. The number of aliphatic hydroxyl groups is 1. The van der Waals surface area contributed by atoms with Gasteiger partial charge in [0, 0.05) is 23.8 Å². The van der Waals surface area contributed by atoms with Crippen molar-refractivity contribution in [2.24, 2.45) is 34.5 Å². The van der Waals surface area contributed by atoms with Crippen LogP contribution in [0.15, 0.2) is 23.5 Å². The Morgan fingerprint density at radius 3 is 2.57 bits per heavy atom. The number of esters is 1. The monoisotopic (exact) mass is 432 g/mol. The molecule has 3 fully saturated rings. The van der Waals surface area contributed by atoms with Crippen molar-refractivity contribution in [3.8, 4) is 0 Å². The van der Waals surface area contributed by atoms with Crippen LogP contribution < -0.4 is 0 Å². The molecule has 1 N–H and O–H groups in total. The van der Waals surface area contributed by atoms with Crippen LogP contribution in [0.2, 0.25) is 0 Å². The zero-order valence-electron chi connectivity index (χ0n) is 18.2. The Labute approximate surface area is 183 Å². The largest absolute Gasteiger partial charge is 0.508 e. The molecule has 4 aliphatic rings. The highest BCUT2D eigenvalue weighted by Crippen LogP contribution is 2.69. The van der Waals surface area contributed by atoms with Gasteiger partial charge in [-0.15, -0.1) is 12.6 Å². The summed E-state index contributed by atoms with van der Waals surface area (Å²) in [6.07, 6.45) is 7.31. The maximum absolute atomic E-state index is 13.1. The molecule has 164 valence electrons. The number of allylic oxidation sites excluding steroid dienone is 3. The van der Waals surface area contributed by atoms with Gasteiger partial charge in [-0.3, -0.25) is 14.4 Å². The van der Waals surface area contributed by atoms with Gasteiger partial charge in [0.05, 0.1) is 5.41 Å². The quantitative estimate of drug-likeness (QED) is 0.504. The number of thiol groups is 1. The third-order valence-corrected chi connectivity index (χ3v) is 9.46. The van der Waals surface area contributed by atoms with Gasteiger partial charge in [0.15, 0.2) is 11.4 Å². The van der Waals surface area contributed by atoms with Crippen LogP contribution in [0.5, 0.6) is 0 Å². The molecule has 0 aromatic carbocycles. The van der Waals surface area contributed by atoms with Crippen molar-refractivity contribution in [1.82, 2.24) is 0 Å². The zero-order chi connectivity index (χ0) is 22.1. The zero-order valence-corrected chi connectivity index (χ0v) is 19.1. The first-order chi connectivity index (χ1) is 14.0. The normalized spacial score (nSPS) is 44.9. The van der Waals surface area contributed by atoms with Gasteiger partial charge in [-0.1, -0.05) is 26.3 Å². The molecule has 3 saturated carbocycles. The molecule has 0 bridgehead atoms. The number of ketones is 1. The number of ether oxygens (including phenoxy) is 1. The first kappa shape index (κ1) is 21.7. The first-order valence-corrected chi connectivity index (χ1v) is 11.6. The molecule has 4 rings (SSSR count). The summed E-state index contributed by atoms with van der Waals surface area (Å²) < 4.78 is 5.96. The van der Waals surface area contributed by atoms with Gasteiger partial charge in [-0.2, -0.15) is 0 Å². The van der Waals surface area contributed by atoms with Crippen LogP contribution in [0.25, 0.3) is 0 Å². The molecule has 0 aliphatic heterocycles. The van der Waals surface area contributed by atoms with Crippen LogP contribution in [0, 0.1) is 34.5 Å². The number of rotatable bonds is 3. The smallest absolute Gasteiger partial charge is 0.306 e. The van der Waals surface area contributed by atoms with Gasteiger partial charge in [0.1, 0.15) is 5.76 Å². The van der Waals surface area contributed by atoms with Gasteiger partial charge in [-0.05, 0) is 62.9 Å². The highest BCUT2D eigenvalue weighted by molar-refractivity contribution is 7.96. The van der Waals surface area contributed by atoms with Crippen molar-refractivity contribution in [2.75, 3.05) is 0 Å². The summed E-state index contributed by atoms with van der Waals surface area (Å²) in [5, 5.41) is 9.60. The molecule has 0 spiro atoms. The molecule has 0 saturated heterocycles. The summed E-state index contributed by atoms with van der Waals surface area (Å²) in [4.78, 5) is 38.3. The average Bonchev–Trinajstić information content (AvgIpc) is 2.91. The van der Waals surface area contributed by atoms with E-state index < -0.39 is 16.4 Å². The highest BCUT2D eigenvalue weighted by atomic mass is 32.1. The summed E-state index contributed by atoms with van der Waals surface area (Å²) in [6.45, 7) is 7.85. The molecule has 1 unspecified atom stereocenters. The van der Waals surface area contributed by atoms with Gasteiger partial charge < -0.3 is 9.84 Å². The van der Waals surface area contributed by atoms with Crippen LogP contribution in [0.3, 0.4) is 0 Å². The predicted octanol–water partition coefficient (Wildman–Crippen LogP) is 4.57. The van der Waals surface area contributed by atoms with Crippen molar-refractivity contribution in [2.45, 2.75) is 71.8 Å². The molecular formula is C24H32O5S. The van der Waals surface area contributed by atoms with Crippen molar-refractivity contribution in [1.29, 1.82) is 0 Å². The molecule has 30 heavy (non-hydrogen) atoms. The Kier molecular flexibility index (Phi) is 5.04. The number of fused-ring (bicyclic) bond motifs is 5. The predicted molar refractivity (Wildman–Crippen MR) is 116 cm³/mol. The molecule has 0 aromatic heterocycles. The first-order valence-electron chi connectivity index (χ1n) is 11.1. The number of hydrogen-bond acceptors (Lipinski definition) is 5. The fourth-order valence-corrected chi connectivity index (χ4v) is 8.11. The number of aliphatic hydroxyl groups excluding tert-OH is 1. The molecule has 0 amide bonds. The molecule has 0 aromatic rings. The lowest BCUT2D eigenvalue weighted by atomic mass is 9.46. The van der Waals surface area contributed by atoms with Crippen molar-refractivity contribution in [3.63, 3.8) is 0 Å². The fraction of sp³-hybridized carbons (Fsp3) is 0.708. The van der Waals surface area contributed by atoms with E-state index >= 15 is 0 Å². The Hall–Kier alpha value is -1.56. The van der Waals surface area contributed by atoms with E-state index in [1.54, 1.807) is 13.0 Å². The lowest BCUT2D eigenvalue weighted by Gasteiger charge is -2.58. The van der Waals surface area contributed by atoms with E-state index in [-0.39, 0.29) is 52.7 Å². The van der Waals surface area contributed by atoms with E-state index in [0.717, 1.165) is 31.3 Å². The third kappa shape index (κ3) is 2.58. The Morgan fingerprint density at radius 1 is 1.23 bits per heavy atom. The highest BCUT2D eigenvalue weighted by Gasteiger charge is 2.71. The number of carbonyl (C=O) groups is 3. The third-order valence-electron chi connectivity index (χ3n) is 9.13. The van der Waals surface area contributed by atoms with Gasteiger partial charge in [0.25, 0.3) is 0 Å². The van der Waals surface area contributed by atoms with E-state index in [2.05, 4.69) is 19.6 Å². The van der Waals surface area contributed by atoms with Gasteiger partial charge in [0.2, 0.25) is 5.12 Å². The SMILES string of the molecule is CCC(=O)OC1(C(=O)S)[C@H](C)C[C@H]2[C@@H]3CCC4=CC(O)=CC(=O)[C@]4(C)[C@H]3CC[C@@]21C. The Balaban J connectivity index is 1.75. The standard InChI is InChI=1S/C24H32O5S/c1-5-20(27)29-24(21(28)30)13(2)10-18-16-7-6-14-11-15(25)12-19(26)23(14,4)17(16)8-9-22(18,24)3/h11-13,16-18,25H,5-10H2,1-4H3,(H,28,30)/t13-,16-,17+,18+,22+,23+,24?/m1/s1. The van der Waals surface area contributed by atoms with Crippen LogP contribution in [0.4, 0.5) is 0 Å². The van der Waals surface area contributed by atoms with E-state index in [1.807, 2.05) is 13.8 Å². The van der Waals surface area contributed by atoms with Gasteiger partial charge in [-0.25, -0.2) is 0 Å². The van der Waals surface area contributed by atoms with Crippen molar-refractivity contribution >= 4 is 29.5 Å². The lowest BCUT2D eigenvalue weighted by molar-refractivity contribution is -0.190. The van der Waals surface area contributed by atoms with Crippen molar-refractivity contribution < 1.29 is 24.2 Å². The topological polar surface area (TPSA) is 80.7 Å². The van der Waals surface area contributed by atoms with E-state index in [1.165, 1.54) is 6.08 Å². The van der Waals surface area contributed by atoms with E-state index in [9.17, 15) is 19.5 Å². The van der Waals surface area contributed by atoms with Crippen LogP contribution >= 0.6 is 12.6 Å². The molecule has 6 heteroatoms.